The minimum Gasteiger partial charge on any atom is -0.352 e. The minimum absolute atomic E-state index is 0.0156. The van der Waals surface area contributed by atoms with Gasteiger partial charge in [-0.3, -0.25) is 9.59 Å². The summed E-state index contributed by atoms with van der Waals surface area (Å²) < 4.78 is 0. The fourth-order valence-electron chi connectivity index (χ4n) is 3.59. The average molecular weight is 409 g/mol. The molecule has 0 bridgehead atoms. The van der Waals surface area contributed by atoms with Crippen LogP contribution in [0.2, 0.25) is 0 Å². The molecular weight excluding hydrogens is 372 g/mol. The first kappa shape index (κ1) is 23.7. The van der Waals surface area contributed by atoms with Crippen molar-refractivity contribution in [2.75, 3.05) is 0 Å². The fraction of sp³-hybridized carbons (Fsp3) is 0.462. The van der Waals surface area contributed by atoms with E-state index in [0.29, 0.717) is 19.4 Å². The van der Waals surface area contributed by atoms with Crippen LogP contribution in [0.25, 0.3) is 0 Å². The first-order valence-corrected chi connectivity index (χ1v) is 11.0. The van der Waals surface area contributed by atoms with Gasteiger partial charge in [0, 0.05) is 12.6 Å². The van der Waals surface area contributed by atoms with E-state index in [1.807, 2.05) is 65.8 Å². The Hall–Kier alpha value is -2.62. The third kappa shape index (κ3) is 6.19. The highest BCUT2D eigenvalue weighted by atomic mass is 16.2. The molecule has 0 heterocycles. The molecule has 4 nitrogen and oxygen atoms in total. The Labute approximate surface area is 181 Å². The summed E-state index contributed by atoms with van der Waals surface area (Å²) in [6.45, 7) is 12.5. The zero-order valence-corrected chi connectivity index (χ0v) is 19.3. The smallest absolute Gasteiger partial charge is 0.243 e. The van der Waals surface area contributed by atoms with Gasteiger partial charge in [0.1, 0.15) is 6.04 Å². The van der Waals surface area contributed by atoms with Crippen molar-refractivity contribution in [3.8, 4) is 0 Å². The van der Waals surface area contributed by atoms with E-state index < -0.39 is 6.04 Å². The first-order valence-electron chi connectivity index (χ1n) is 11.0. The SMILES string of the molecule is CCC(C)NC(=O)C(CC)N(Cc1ccccc1C)C(=O)Cc1cc(C)ccc1C. The van der Waals surface area contributed by atoms with Crippen LogP contribution in [0.5, 0.6) is 0 Å². The maximum atomic E-state index is 13.5. The molecule has 2 aromatic carbocycles. The number of aryl methyl sites for hydroxylation is 3. The van der Waals surface area contributed by atoms with Crippen molar-refractivity contribution in [3.63, 3.8) is 0 Å². The Bertz CT molecular complexity index is 875. The number of carbonyl (C=O) groups excluding carboxylic acids is 2. The van der Waals surface area contributed by atoms with Gasteiger partial charge in [-0.1, -0.05) is 61.9 Å². The molecule has 4 heteroatoms. The monoisotopic (exact) mass is 408 g/mol. The molecule has 0 aliphatic rings. The summed E-state index contributed by atoms with van der Waals surface area (Å²) in [7, 11) is 0. The highest BCUT2D eigenvalue weighted by Crippen LogP contribution is 2.19. The predicted molar refractivity (Wildman–Crippen MR) is 123 cm³/mol. The molecule has 2 aromatic rings. The van der Waals surface area contributed by atoms with Crippen molar-refractivity contribution in [1.82, 2.24) is 10.2 Å². The molecule has 0 spiro atoms. The molecule has 0 saturated heterocycles. The summed E-state index contributed by atoms with van der Waals surface area (Å²) in [5.41, 5.74) is 5.45. The van der Waals surface area contributed by atoms with E-state index in [2.05, 4.69) is 23.5 Å². The number of nitrogens with one attached hydrogen (secondary N) is 1. The van der Waals surface area contributed by atoms with E-state index in [9.17, 15) is 9.59 Å². The van der Waals surface area contributed by atoms with Crippen molar-refractivity contribution >= 4 is 11.8 Å². The van der Waals surface area contributed by atoms with Gasteiger partial charge in [0.2, 0.25) is 11.8 Å². The number of hydrogen-bond acceptors (Lipinski definition) is 2. The van der Waals surface area contributed by atoms with Crippen molar-refractivity contribution < 1.29 is 9.59 Å². The Morgan fingerprint density at radius 1 is 0.933 bits per heavy atom. The van der Waals surface area contributed by atoms with Crippen molar-refractivity contribution in [2.45, 2.75) is 79.4 Å². The van der Waals surface area contributed by atoms with Crippen molar-refractivity contribution in [3.05, 3.63) is 70.3 Å². The van der Waals surface area contributed by atoms with E-state index in [0.717, 1.165) is 34.2 Å². The second kappa shape index (κ2) is 11.0. The van der Waals surface area contributed by atoms with Gasteiger partial charge >= 0.3 is 0 Å². The predicted octanol–water partition coefficient (Wildman–Crippen LogP) is 4.88. The molecule has 0 radical (unpaired) electrons. The third-order valence-corrected chi connectivity index (χ3v) is 5.84. The Morgan fingerprint density at radius 3 is 2.23 bits per heavy atom. The van der Waals surface area contributed by atoms with Crippen LogP contribution in [0.4, 0.5) is 0 Å². The number of benzene rings is 2. The Balaban J connectivity index is 2.35. The number of carbonyl (C=O) groups is 2. The summed E-state index contributed by atoms with van der Waals surface area (Å²) >= 11 is 0. The van der Waals surface area contributed by atoms with Gasteiger partial charge in [0.05, 0.1) is 6.42 Å². The van der Waals surface area contributed by atoms with E-state index >= 15 is 0 Å². The lowest BCUT2D eigenvalue weighted by atomic mass is 10.0. The van der Waals surface area contributed by atoms with Gasteiger partial charge in [-0.15, -0.1) is 0 Å². The molecule has 0 aliphatic carbocycles. The maximum Gasteiger partial charge on any atom is 0.243 e. The zero-order valence-electron chi connectivity index (χ0n) is 19.3. The quantitative estimate of drug-likeness (QED) is 0.643. The van der Waals surface area contributed by atoms with Gasteiger partial charge in [0.25, 0.3) is 0 Å². The minimum atomic E-state index is -0.490. The lowest BCUT2D eigenvalue weighted by Crippen LogP contribution is -2.51. The number of rotatable bonds is 9. The van der Waals surface area contributed by atoms with Gasteiger partial charge in [-0.25, -0.2) is 0 Å². The molecule has 162 valence electrons. The molecule has 0 saturated carbocycles. The van der Waals surface area contributed by atoms with Crippen LogP contribution in [0.15, 0.2) is 42.5 Å². The summed E-state index contributed by atoms with van der Waals surface area (Å²) in [4.78, 5) is 28.3. The van der Waals surface area contributed by atoms with Gasteiger partial charge in [-0.2, -0.15) is 0 Å². The molecule has 0 aromatic heterocycles. The van der Waals surface area contributed by atoms with E-state index in [1.165, 1.54) is 0 Å². The standard InChI is InChI=1S/C26H36N2O2/c1-7-21(6)27-26(30)24(8-2)28(17-22-12-10-9-11-19(22)4)25(29)16-23-15-18(3)13-14-20(23)5/h9-15,21,24H,7-8,16-17H2,1-6H3,(H,27,30). The van der Waals surface area contributed by atoms with Crippen LogP contribution in [-0.4, -0.2) is 28.8 Å². The van der Waals surface area contributed by atoms with Crippen LogP contribution < -0.4 is 5.32 Å². The maximum absolute atomic E-state index is 13.5. The van der Waals surface area contributed by atoms with Crippen LogP contribution in [-0.2, 0) is 22.6 Å². The van der Waals surface area contributed by atoms with Gasteiger partial charge in [-0.05, 0) is 62.8 Å². The molecule has 2 rings (SSSR count). The highest BCUT2D eigenvalue weighted by Gasteiger charge is 2.29. The third-order valence-electron chi connectivity index (χ3n) is 5.84. The number of nitrogens with zero attached hydrogens (tertiary/aromatic N) is 1. The fourth-order valence-corrected chi connectivity index (χ4v) is 3.59. The van der Waals surface area contributed by atoms with Crippen molar-refractivity contribution in [1.29, 1.82) is 0 Å². The summed E-state index contributed by atoms with van der Waals surface area (Å²) in [5.74, 6) is -0.0900. The van der Waals surface area contributed by atoms with Crippen LogP contribution in [0, 0.1) is 20.8 Å². The van der Waals surface area contributed by atoms with Crippen LogP contribution >= 0.6 is 0 Å². The van der Waals surface area contributed by atoms with Crippen LogP contribution in [0.3, 0.4) is 0 Å². The molecular formula is C26H36N2O2. The van der Waals surface area contributed by atoms with Crippen molar-refractivity contribution in [2.24, 2.45) is 0 Å². The molecule has 2 unspecified atom stereocenters. The topological polar surface area (TPSA) is 49.4 Å². The summed E-state index contributed by atoms with van der Waals surface area (Å²) in [6.07, 6.45) is 1.73. The Morgan fingerprint density at radius 2 is 1.60 bits per heavy atom. The van der Waals surface area contributed by atoms with Gasteiger partial charge in [0.15, 0.2) is 0 Å². The number of amides is 2. The molecule has 0 fully saturated rings. The van der Waals surface area contributed by atoms with E-state index in [-0.39, 0.29) is 17.9 Å². The zero-order chi connectivity index (χ0) is 22.3. The van der Waals surface area contributed by atoms with E-state index in [4.69, 9.17) is 0 Å². The molecule has 2 atom stereocenters. The molecule has 1 N–H and O–H groups in total. The lowest BCUT2D eigenvalue weighted by Gasteiger charge is -2.32. The summed E-state index contributed by atoms with van der Waals surface area (Å²) in [5, 5.41) is 3.07. The normalized spacial score (nSPS) is 12.9. The lowest BCUT2D eigenvalue weighted by molar-refractivity contribution is -0.141. The van der Waals surface area contributed by atoms with Crippen LogP contribution in [0.1, 0.15) is 61.4 Å². The molecule has 2 amide bonds. The molecule has 0 aliphatic heterocycles. The second-order valence-electron chi connectivity index (χ2n) is 8.30. The van der Waals surface area contributed by atoms with E-state index in [1.54, 1.807) is 4.90 Å². The van der Waals surface area contributed by atoms with Gasteiger partial charge < -0.3 is 10.2 Å². The Kier molecular flexibility index (Phi) is 8.64. The largest absolute Gasteiger partial charge is 0.352 e. The average Bonchev–Trinajstić information content (AvgIpc) is 2.71. The summed E-state index contributed by atoms with van der Waals surface area (Å²) in [6, 6.07) is 13.8. The highest BCUT2D eigenvalue weighted by molar-refractivity contribution is 5.88. The first-order chi connectivity index (χ1) is 14.3. The second-order valence-corrected chi connectivity index (χ2v) is 8.30. The number of hydrogen-bond donors (Lipinski definition) is 1. The molecule has 30 heavy (non-hydrogen) atoms.